The maximum Gasteiger partial charge on any atom is 0.243 e. The number of phenolic OH excluding ortho intramolecular Hbond substituents is 1. The zero-order chi connectivity index (χ0) is 35.6. The lowest BCUT2D eigenvalue weighted by atomic mass is 9.69. The molecule has 2 N–H and O–H groups in total. The average molecular weight is 698 g/mol. The van der Waals surface area contributed by atoms with Gasteiger partial charge in [-0.1, -0.05) is 78.9 Å². The largest absolute Gasteiger partial charge is 0.508 e. The van der Waals surface area contributed by atoms with E-state index in [1.807, 2.05) is 12.1 Å². The third kappa shape index (κ3) is 7.45. The van der Waals surface area contributed by atoms with Gasteiger partial charge in [-0.2, -0.15) is 0 Å². The van der Waals surface area contributed by atoms with Crippen molar-refractivity contribution in [2.75, 3.05) is 20.2 Å². The van der Waals surface area contributed by atoms with Crippen LogP contribution in [0.25, 0.3) is 0 Å². The number of imide groups is 1. The molecule has 2 aliphatic heterocycles. The van der Waals surface area contributed by atoms with Gasteiger partial charge in [-0.25, -0.2) is 0 Å². The Balaban J connectivity index is 0.806. The van der Waals surface area contributed by atoms with Crippen molar-refractivity contribution in [3.63, 3.8) is 0 Å². The van der Waals surface area contributed by atoms with Gasteiger partial charge >= 0.3 is 0 Å². The van der Waals surface area contributed by atoms with Crippen LogP contribution < -0.4 is 5.32 Å². The summed E-state index contributed by atoms with van der Waals surface area (Å²) in [4.78, 5) is 28.8. The van der Waals surface area contributed by atoms with Crippen molar-refractivity contribution in [3.8, 4) is 5.75 Å². The van der Waals surface area contributed by atoms with E-state index in [1.165, 1.54) is 70.2 Å². The highest BCUT2D eigenvalue weighted by Gasteiger charge is 2.36. The van der Waals surface area contributed by atoms with Gasteiger partial charge in [0.15, 0.2) is 0 Å². The summed E-state index contributed by atoms with van der Waals surface area (Å²) in [5.41, 5.74) is 10.5. The number of phenols is 1. The molecule has 4 aromatic rings. The van der Waals surface area contributed by atoms with E-state index in [1.54, 1.807) is 0 Å². The van der Waals surface area contributed by atoms with Crippen molar-refractivity contribution >= 4 is 11.8 Å². The lowest BCUT2D eigenvalue weighted by Gasteiger charge is -2.35. The number of ether oxygens (including phenoxy) is 1. The third-order valence-electron chi connectivity index (χ3n) is 12.4. The number of piperidine rings is 1. The van der Waals surface area contributed by atoms with Crippen molar-refractivity contribution in [3.05, 3.63) is 136 Å². The van der Waals surface area contributed by atoms with E-state index in [9.17, 15) is 14.7 Å². The minimum Gasteiger partial charge on any atom is -0.508 e. The van der Waals surface area contributed by atoms with E-state index in [0.29, 0.717) is 49.7 Å². The van der Waals surface area contributed by atoms with Gasteiger partial charge in [0.2, 0.25) is 11.8 Å². The fraction of sp³-hybridized carbons (Fsp3) is 0.422. The molecule has 1 saturated carbocycles. The highest BCUT2D eigenvalue weighted by molar-refractivity contribution is 6.00. The van der Waals surface area contributed by atoms with Crippen LogP contribution in [0.1, 0.15) is 107 Å². The monoisotopic (exact) mass is 697 g/mol. The molecule has 4 aliphatic rings. The Morgan fingerprint density at radius 2 is 1.54 bits per heavy atom. The average Bonchev–Trinajstić information content (AvgIpc) is 3.60. The quantitative estimate of drug-likeness (QED) is 0.132. The molecule has 7 nitrogen and oxygen atoms in total. The summed E-state index contributed by atoms with van der Waals surface area (Å²) >= 11 is 0. The molecule has 4 aromatic carbocycles. The van der Waals surface area contributed by atoms with E-state index < -0.39 is 0 Å². The molecule has 0 bridgehead atoms. The number of carbonyl (C=O) groups excluding carboxylic acids is 2. The predicted octanol–water partition coefficient (Wildman–Crippen LogP) is 7.55. The standard InChI is InChI=1S/C45H51N3O4/c1-47(38-16-13-31(14-17-38)34-11-12-36-27-48(28-37(36)25-34)42-21-22-43(50)46-45(42)51)23-24-52-29-30-7-9-33(10-8-30)44-40(32-5-3-2-4-6-32)19-15-35-26-39(49)18-20-41(35)44/h2-12,18,20,25-26,31,38,40,42,44,49H,13-17,19,21-24,27-29H2,1H3,(H,46,50,51)/t31-,38-,40-,42+,44+/m1/s1. The topological polar surface area (TPSA) is 82.1 Å². The number of benzene rings is 4. The Hall–Kier alpha value is -4.30. The van der Waals surface area contributed by atoms with E-state index in [2.05, 4.69) is 101 Å². The minimum absolute atomic E-state index is 0.145. The number of hydrogen-bond acceptors (Lipinski definition) is 6. The molecule has 2 heterocycles. The number of likely N-dealkylation sites (N-methyl/N-ethyl adjacent to an activating group) is 1. The molecule has 2 amide bonds. The SMILES string of the molecule is CN(CCOCc1ccc([C@@H]2c3ccc(O)cc3CC[C@@H]2c2ccccc2)cc1)[C@H]1CC[C@H](c2ccc3c(c2)CN([C@H]2CCC(=O)NC2=O)C3)CC1. The summed E-state index contributed by atoms with van der Waals surface area (Å²) in [5.74, 6) is 1.28. The lowest BCUT2D eigenvalue weighted by Crippen LogP contribution is -2.50. The Kier molecular flexibility index (Phi) is 10.3. The summed E-state index contributed by atoms with van der Waals surface area (Å²) in [7, 11) is 2.24. The fourth-order valence-corrected chi connectivity index (χ4v) is 9.48. The van der Waals surface area contributed by atoms with E-state index in [0.717, 1.165) is 32.5 Å². The molecule has 0 radical (unpaired) electrons. The van der Waals surface area contributed by atoms with E-state index in [4.69, 9.17) is 4.74 Å². The molecule has 0 aromatic heterocycles. The van der Waals surface area contributed by atoms with Crippen molar-refractivity contribution < 1.29 is 19.4 Å². The maximum atomic E-state index is 12.4. The Labute approximate surface area is 308 Å². The van der Waals surface area contributed by atoms with Crippen LogP contribution in [0, 0.1) is 0 Å². The van der Waals surface area contributed by atoms with Gasteiger partial charge in [0.1, 0.15) is 5.75 Å². The van der Waals surface area contributed by atoms with Crippen LogP contribution in [-0.4, -0.2) is 59.0 Å². The molecule has 2 fully saturated rings. The van der Waals surface area contributed by atoms with E-state index in [-0.39, 0.29) is 23.8 Å². The number of aromatic hydroxyl groups is 1. The third-order valence-corrected chi connectivity index (χ3v) is 12.4. The van der Waals surface area contributed by atoms with Gasteiger partial charge in [-0.3, -0.25) is 19.8 Å². The first-order valence-corrected chi connectivity index (χ1v) is 19.3. The second kappa shape index (κ2) is 15.4. The molecule has 8 rings (SSSR count). The number of aryl methyl sites for hydroxylation is 1. The van der Waals surface area contributed by atoms with Gasteiger partial charge in [0, 0.05) is 38.0 Å². The summed E-state index contributed by atoms with van der Waals surface area (Å²) in [6.45, 7) is 3.81. The molecular weight excluding hydrogens is 647 g/mol. The van der Waals surface area contributed by atoms with Crippen molar-refractivity contribution in [2.45, 2.75) is 101 Å². The van der Waals surface area contributed by atoms with Gasteiger partial charge in [0.05, 0.1) is 19.3 Å². The molecule has 3 atom stereocenters. The predicted molar refractivity (Wildman–Crippen MR) is 203 cm³/mol. The number of carbonyl (C=O) groups is 2. The second-order valence-corrected chi connectivity index (χ2v) is 15.6. The first-order chi connectivity index (χ1) is 25.4. The first-order valence-electron chi connectivity index (χ1n) is 19.3. The molecule has 52 heavy (non-hydrogen) atoms. The molecule has 270 valence electrons. The summed E-state index contributed by atoms with van der Waals surface area (Å²) < 4.78 is 6.21. The minimum atomic E-state index is -0.208. The highest BCUT2D eigenvalue weighted by atomic mass is 16.5. The van der Waals surface area contributed by atoms with Crippen LogP contribution in [0.4, 0.5) is 0 Å². The molecule has 0 spiro atoms. The number of nitrogens with one attached hydrogen (secondary N) is 1. The lowest BCUT2D eigenvalue weighted by molar-refractivity contribution is -0.137. The van der Waals surface area contributed by atoms with Crippen LogP contribution in [0.5, 0.6) is 5.75 Å². The number of nitrogens with zero attached hydrogens (tertiary/aromatic N) is 2. The fourth-order valence-electron chi connectivity index (χ4n) is 9.48. The van der Waals surface area contributed by atoms with E-state index >= 15 is 0 Å². The summed E-state index contributed by atoms with van der Waals surface area (Å²) in [6.07, 6.45) is 7.84. The maximum absolute atomic E-state index is 12.4. The highest BCUT2D eigenvalue weighted by Crippen LogP contribution is 2.47. The number of hydrogen-bond donors (Lipinski definition) is 2. The Morgan fingerprint density at radius 1 is 0.769 bits per heavy atom. The Morgan fingerprint density at radius 3 is 2.33 bits per heavy atom. The van der Waals surface area contributed by atoms with Crippen LogP contribution in [0.2, 0.25) is 0 Å². The van der Waals surface area contributed by atoms with Crippen molar-refractivity contribution in [2.24, 2.45) is 0 Å². The van der Waals surface area contributed by atoms with Gasteiger partial charge in [-0.05, 0) is 120 Å². The van der Waals surface area contributed by atoms with Crippen molar-refractivity contribution in [1.29, 1.82) is 0 Å². The number of rotatable bonds is 10. The number of amides is 2. The number of fused-ring (bicyclic) bond motifs is 2. The molecule has 2 aliphatic carbocycles. The van der Waals surface area contributed by atoms with Crippen molar-refractivity contribution in [1.82, 2.24) is 15.1 Å². The summed E-state index contributed by atoms with van der Waals surface area (Å²) in [5, 5.41) is 12.7. The van der Waals surface area contributed by atoms with Gasteiger partial charge in [0.25, 0.3) is 0 Å². The second-order valence-electron chi connectivity index (χ2n) is 15.6. The zero-order valence-corrected chi connectivity index (χ0v) is 30.3. The van der Waals surface area contributed by atoms with Crippen LogP contribution >= 0.6 is 0 Å². The smallest absolute Gasteiger partial charge is 0.243 e. The zero-order valence-electron chi connectivity index (χ0n) is 30.3. The molecule has 7 heteroatoms. The normalized spacial score (nSPS) is 24.8. The van der Waals surface area contributed by atoms with Gasteiger partial charge in [-0.15, -0.1) is 0 Å². The molecule has 0 unspecified atom stereocenters. The first kappa shape index (κ1) is 34.8. The van der Waals surface area contributed by atoms with Crippen LogP contribution in [-0.2, 0) is 40.4 Å². The van der Waals surface area contributed by atoms with Gasteiger partial charge < -0.3 is 14.7 Å². The van der Waals surface area contributed by atoms with Crippen LogP contribution in [0.3, 0.4) is 0 Å². The molecule has 1 saturated heterocycles. The summed E-state index contributed by atoms with van der Waals surface area (Å²) in [6, 6.07) is 33.1. The van der Waals surface area contributed by atoms with Crippen LogP contribution in [0.15, 0.2) is 91.0 Å². The Bertz CT molecular complexity index is 1880. The molecular formula is C45H51N3O4.